The van der Waals surface area contributed by atoms with E-state index in [2.05, 4.69) is 10.3 Å². The van der Waals surface area contributed by atoms with Crippen molar-refractivity contribution in [3.8, 4) is 11.3 Å². The molecule has 0 spiro atoms. The van der Waals surface area contributed by atoms with Crippen LogP contribution in [0.2, 0.25) is 0 Å². The van der Waals surface area contributed by atoms with Crippen molar-refractivity contribution < 1.29 is 4.39 Å². The van der Waals surface area contributed by atoms with Gasteiger partial charge in [-0.2, -0.15) is 0 Å². The highest BCUT2D eigenvalue weighted by molar-refractivity contribution is 5.69. The minimum absolute atomic E-state index is 0.296. The number of hydrogen-bond acceptors (Lipinski definition) is 3. The Morgan fingerprint density at radius 2 is 2.27 bits per heavy atom. The molecule has 0 bridgehead atoms. The predicted octanol–water partition coefficient (Wildman–Crippen LogP) is 1.69. The second-order valence-corrected chi connectivity index (χ2v) is 3.15. The quantitative estimate of drug-likeness (QED) is 0.813. The lowest BCUT2D eigenvalue weighted by atomic mass is 10.1. The van der Waals surface area contributed by atoms with Gasteiger partial charge in [0, 0.05) is 12.1 Å². The van der Waals surface area contributed by atoms with Crippen LogP contribution in [0.25, 0.3) is 11.3 Å². The zero-order valence-electron chi connectivity index (χ0n) is 8.31. The third kappa shape index (κ3) is 1.68. The van der Waals surface area contributed by atoms with E-state index in [1.165, 1.54) is 12.1 Å². The lowest BCUT2D eigenvalue weighted by Crippen LogP contribution is -2.00. The molecule has 2 rings (SSSR count). The maximum atomic E-state index is 13.0. The summed E-state index contributed by atoms with van der Waals surface area (Å²) in [4.78, 5) is 0. The first-order valence-corrected chi connectivity index (χ1v) is 4.67. The highest BCUT2D eigenvalue weighted by Crippen LogP contribution is 2.24. The van der Waals surface area contributed by atoms with Crippen molar-refractivity contribution in [3.05, 3.63) is 30.1 Å². The average molecular weight is 206 g/mol. The Morgan fingerprint density at radius 1 is 1.47 bits per heavy atom. The maximum Gasteiger partial charge on any atom is 0.174 e. The van der Waals surface area contributed by atoms with Crippen LogP contribution >= 0.6 is 0 Å². The van der Waals surface area contributed by atoms with Gasteiger partial charge in [-0.25, -0.2) is 9.07 Å². The average Bonchev–Trinajstić information content (AvgIpc) is 2.59. The van der Waals surface area contributed by atoms with E-state index < -0.39 is 0 Å². The molecule has 2 aromatic rings. The molecule has 0 aliphatic rings. The van der Waals surface area contributed by atoms with Gasteiger partial charge in [0.15, 0.2) is 5.82 Å². The molecule has 15 heavy (non-hydrogen) atoms. The molecule has 0 radical (unpaired) electrons. The van der Waals surface area contributed by atoms with E-state index in [9.17, 15) is 4.39 Å². The molecule has 2 N–H and O–H groups in total. The molecule has 0 aliphatic carbocycles. The van der Waals surface area contributed by atoms with Crippen molar-refractivity contribution in [2.24, 2.45) is 0 Å². The molecule has 0 atom stereocenters. The molecular formula is C10H11FN4. The SMILES string of the molecule is CCn1nnc(N)c1-c1cccc(F)c1. The molecule has 0 saturated heterocycles. The zero-order valence-corrected chi connectivity index (χ0v) is 8.31. The summed E-state index contributed by atoms with van der Waals surface area (Å²) in [6, 6.07) is 6.22. The van der Waals surface area contributed by atoms with Gasteiger partial charge in [-0.1, -0.05) is 17.3 Å². The zero-order chi connectivity index (χ0) is 10.8. The topological polar surface area (TPSA) is 56.7 Å². The van der Waals surface area contributed by atoms with Crippen LogP contribution in [0, 0.1) is 5.82 Å². The van der Waals surface area contributed by atoms with Crippen molar-refractivity contribution >= 4 is 5.82 Å². The first kappa shape index (κ1) is 9.64. The summed E-state index contributed by atoms with van der Waals surface area (Å²) in [5.74, 6) is 0.0261. The Kier molecular flexibility index (Phi) is 2.37. The molecule has 0 unspecified atom stereocenters. The largest absolute Gasteiger partial charge is 0.380 e. The fraction of sp³-hybridized carbons (Fsp3) is 0.200. The number of hydrogen-bond donors (Lipinski definition) is 1. The first-order chi connectivity index (χ1) is 7.22. The van der Waals surface area contributed by atoms with E-state index in [1.807, 2.05) is 6.92 Å². The van der Waals surface area contributed by atoms with Crippen LogP contribution in [0.15, 0.2) is 24.3 Å². The number of nitrogens with zero attached hydrogens (tertiary/aromatic N) is 3. The Bertz CT molecular complexity index is 478. The standard InChI is InChI=1S/C10H11FN4/c1-2-15-9(10(12)13-14-15)7-4-3-5-8(11)6-7/h3-6H,2,12H2,1H3. The summed E-state index contributed by atoms with van der Waals surface area (Å²) < 4.78 is 14.7. The number of nitrogen functional groups attached to an aromatic ring is 1. The van der Waals surface area contributed by atoms with Crippen LogP contribution < -0.4 is 5.73 Å². The fourth-order valence-corrected chi connectivity index (χ4v) is 1.48. The molecule has 0 amide bonds. The van der Waals surface area contributed by atoms with Gasteiger partial charge < -0.3 is 5.73 Å². The van der Waals surface area contributed by atoms with E-state index in [0.29, 0.717) is 23.6 Å². The number of nitrogens with two attached hydrogens (primary N) is 1. The van der Waals surface area contributed by atoms with E-state index in [-0.39, 0.29) is 5.82 Å². The minimum Gasteiger partial charge on any atom is -0.380 e. The number of anilines is 1. The molecule has 1 aromatic heterocycles. The van der Waals surface area contributed by atoms with Gasteiger partial charge >= 0.3 is 0 Å². The van der Waals surface area contributed by atoms with Crippen LogP contribution in [0.1, 0.15) is 6.92 Å². The molecule has 4 nitrogen and oxygen atoms in total. The fourth-order valence-electron chi connectivity index (χ4n) is 1.48. The van der Waals surface area contributed by atoms with Crippen LogP contribution in [0.4, 0.5) is 10.2 Å². The lowest BCUT2D eigenvalue weighted by molar-refractivity contribution is 0.623. The Labute approximate surface area is 86.5 Å². The molecular weight excluding hydrogens is 195 g/mol. The maximum absolute atomic E-state index is 13.0. The molecule has 5 heteroatoms. The monoisotopic (exact) mass is 206 g/mol. The number of aryl methyl sites for hydroxylation is 1. The van der Waals surface area contributed by atoms with Gasteiger partial charge in [0.1, 0.15) is 11.5 Å². The third-order valence-electron chi connectivity index (χ3n) is 2.16. The normalized spacial score (nSPS) is 10.5. The highest BCUT2D eigenvalue weighted by Gasteiger charge is 2.11. The Morgan fingerprint density at radius 3 is 2.93 bits per heavy atom. The molecule has 0 saturated carbocycles. The highest BCUT2D eigenvalue weighted by atomic mass is 19.1. The van der Waals surface area contributed by atoms with Crippen molar-refractivity contribution in [3.63, 3.8) is 0 Å². The van der Waals surface area contributed by atoms with Gasteiger partial charge in [0.2, 0.25) is 0 Å². The van der Waals surface area contributed by atoms with Gasteiger partial charge in [-0.05, 0) is 19.1 Å². The van der Waals surface area contributed by atoms with Gasteiger partial charge in [-0.3, -0.25) is 0 Å². The smallest absolute Gasteiger partial charge is 0.174 e. The summed E-state index contributed by atoms with van der Waals surface area (Å²) in [5, 5.41) is 7.62. The summed E-state index contributed by atoms with van der Waals surface area (Å²) in [7, 11) is 0. The number of halogens is 1. The number of benzene rings is 1. The Hall–Kier alpha value is -1.91. The molecule has 1 heterocycles. The number of rotatable bonds is 2. The van der Waals surface area contributed by atoms with Crippen LogP contribution in [-0.2, 0) is 6.54 Å². The molecule has 0 aliphatic heterocycles. The summed E-state index contributed by atoms with van der Waals surface area (Å²) >= 11 is 0. The van der Waals surface area contributed by atoms with E-state index >= 15 is 0 Å². The van der Waals surface area contributed by atoms with Gasteiger partial charge in [0.25, 0.3) is 0 Å². The van der Waals surface area contributed by atoms with Gasteiger partial charge in [-0.15, -0.1) is 5.10 Å². The lowest BCUT2D eigenvalue weighted by Gasteiger charge is -2.04. The number of aromatic nitrogens is 3. The van der Waals surface area contributed by atoms with E-state index in [0.717, 1.165) is 0 Å². The van der Waals surface area contributed by atoms with Crippen molar-refractivity contribution in [2.75, 3.05) is 5.73 Å². The summed E-state index contributed by atoms with van der Waals surface area (Å²) in [6.45, 7) is 2.58. The van der Waals surface area contributed by atoms with Gasteiger partial charge in [0.05, 0.1) is 0 Å². The summed E-state index contributed by atoms with van der Waals surface area (Å²) in [6.07, 6.45) is 0. The minimum atomic E-state index is -0.296. The van der Waals surface area contributed by atoms with Crippen LogP contribution in [0.3, 0.4) is 0 Å². The second-order valence-electron chi connectivity index (χ2n) is 3.15. The van der Waals surface area contributed by atoms with Crippen LogP contribution in [-0.4, -0.2) is 15.0 Å². The first-order valence-electron chi connectivity index (χ1n) is 4.67. The predicted molar refractivity (Wildman–Crippen MR) is 55.5 cm³/mol. The summed E-state index contributed by atoms with van der Waals surface area (Å²) in [5.41, 5.74) is 7.04. The van der Waals surface area contributed by atoms with Crippen molar-refractivity contribution in [2.45, 2.75) is 13.5 Å². The van der Waals surface area contributed by atoms with E-state index in [1.54, 1.807) is 16.8 Å². The van der Waals surface area contributed by atoms with Crippen molar-refractivity contribution in [1.29, 1.82) is 0 Å². The van der Waals surface area contributed by atoms with E-state index in [4.69, 9.17) is 5.73 Å². The molecule has 78 valence electrons. The molecule has 0 fully saturated rings. The third-order valence-corrected chi connectivity index (χ3v) is 2.16. The molecule has 1 aromatic carbocycles. The van der Waals surface area contributed by atoms with Crippen LogP contribution in [0.5, 0.6) is 0 Å². The Balaban J connectivity index is 2.57. The second kappa shape index (κ2) is 3.68. The van der Waals surface area contributed by atoms with Crippen molar-refractivity contribution in [1.82, 2.24) is 15.0 Å².